The van der Waals surface area contributed by atoms with Crippen LogP contribution in [0.25, 0.3) is 0 Å². The third-order valence-electron chi connectivity index (χ3n) is 3.58. The van der Waals surface area contributed by atoms with Gasteiger partial charge in [-0.3, -0.25) is 19.2 Å². The first-order valence-corrected chi connectivity index (χ1v) is 11.3. The molecule has 1 unspecified atom stereocenters. The molecule has 0 saturated carbocycles. The zero-order valence-corrected chi connectivity index (χ0v) is 18.6. The van der Waals surface area contributed by atoms with Gasteiger partial charge in [-0.2, -0.15) is 0 Å². The molecule has 1 aliphatic rings. The van der Waals surface area contributed by atoms with Crippen molar-refractivity contribution in [3.05, 3.63) is 0 Å². The molecule has 6 atom stereocenters. The highest BCUT2D eigenvalue weighted by Gasteiger charge is 2.52. The molecule has 1 aliphatic heterocycles. The maximum Gasteiger partial charge on any atom is 0.303 e. The van der Waals surface area contributed by atoms with E-state index in [1.54, 1.807) is 0 Å². The average molecular weight is 471 g/mol. The summed E-state index contributed by atoms with van der Waals surface area (Å²) in [4.78, 5) is 46.2. The second-order valence-corrected chi connectivity index (χ2v) is 8.80. The second-order valence-electron chi connectivity index (χ2n) is 6.28. The standard InChI is InChI=1S/C17H26O11S2/c1-8(19)24-6-13-14(25-9(2)20)15(26-10(3)21)16(27-11(4)22)17(28-13)30-29-7-12(23)5-18/h12-18,23H,5-7H2,1-4H3/t12?,13-,14-,15+,16-,17+/m1/s1. The van der Waals surface area contributed by atoms with Crippen LogP contribution in [0.1, 0.15) is 27.7 Å². The van der Waals surface area contributed by atoms with E-state index >= 15 is 0 Å². The number of hydrogen-bond acceptors (Lipinski definition) is 13. The highest BCUT2D eigenvalue weighted by molar-refractivity contribution is 8.76. The minimum Gasteiger partial charge on any atom is -0.463 e. The highest BCUT2D eigenvalue weighted by atomic mass is 33.1. The van der Waals surface area contributed by atoms with Crippen molar-refractivity contribution in [2.45, 2.75) is 63.7 Å². The number of rotatable bonds is 10. The molecule has 11 nitrogen and oxygen atoms in total. The zero-order chi connectivity index (χ0) is 22.8. The van der Waals surface area contributed by atoms with Crippen LogP contribution < -0.4 is 0 Å². The van der Waals surface area contributed by atoms with E-state index in [4.69, 9.17) is 28.8 Å². The predicted molar refractivity (Wildman–Crippen MR) is 105 cm³/mol. The van der Waals surface area contributed by atoms with Gasteiger partial charge in [-0.05, 0) is 0 Å². The molecule has 0 spiro atoms. The molecule has 1 heterocycles. The van der Waals surface area contributed by atoms with Gasteiger partial charge in [0.05, 0.1) is 12.7 Å². The Bertz CT molecular complexity index is 615. The Morgan fingerprint density at radius 2 is 1.43 bits per heavy atom. The van der Waals surface area contributed by atoms with Crippen molar-refractivity contribution in [3.8, 4) is 0 Å². The Balaban J connectivity index is 3.19. The van der Waals surface area contributed by atoms with Gasteiger partial charge in [0.2, 0.25) is 0 Å². The van der Waals surface area contributed by atoms with Crippen molar-refractivity contribution in [1.29, 1.82) is 0 Å². The van der Waals surface area contributed by atoms with Gasteiger partial charge in [0.15, 0.2) is 23.7 Å². The molecule has 0 aliphatic carbocycles. The van der Waals surface area contributed by atoms with E-state index in [0.29, 0.717) is 0 Å². The minimum absolute atomic E-state index is 0.133. The summed E-state index contributed by atoms with van der Waals surface area (Å²) in [6, 6.07) is 0. The van der Waals surface area contributed by atoms with E-state index < -0.39 is 66.4 Å². The van der Waals surface area contributed by atoms with E-state index in [0.717, 1.165) is 42.4 Å². The van der Waals surface area contributed by atoms with Gasteiger partial charge in [-0.25, -0.2) is 0 Å². The summed E-state index contributed by atoms with van der Waals surface area (Å²) < 4.78 is 26.7. The number of carbonyl (C=O) groups excluding carboxylic acids is 4. The molecule has 1 saturated heterocycles. The van der Waals surface area contributed by atoms with Gasteiger partial charge in [0.1, 0.15) is 12.7 Å². The van der Waals surface area contributed by atoms with Crippen molar-refractivity contribution in [2.24, 2.45) is 0 Å². The quantitative estimate of drug-likeness (QED) is 0.246. The average Bonchev–Trinajstić information content (AvgIpc) is 2.63. The maximum atomic E-state index is 11.7. The van der Waals surface area contributed by atoms with E-state index in [2.05, 4.69) is 0 Å². The van der Waals surface area contributed by atoms with E-state index in [1.165, 1.54) is 6.92 Å². The fourth-order valence-electron chi connectivity index (χ4n) is 2.50. The highest BCUT2D eigenvalue weighted by Crippen LogP contribution is 2.39. The molecule has 172 valence electrons. The van der Waals surface area contributed by atoms with Gasteiger partial charge in [0, 0.05) is 33.4 Å². The fraction of sp³-hybridized carbons (Fsp3) is 0.765. The lowest BCUT2D eigenvalue weighted by atomic mass is 9.99. The van der Waals surface area contributed by atoms with Crippen LogP contribution in [-0.4, -0.2) is 89.0 Å². The van der Waals surface area contributed by atoms with Crippen LogP contribution in [0.15, 0.2) is 0 Å². The lowest BCUT2D eigenvalue weighted by molar-refractivity contribution is -0.237. The lowest BCUT2D eigenvalue weighted by Gasteiger charge is -2.43. The summed E-state index contributed by atoms with van der Waals surface area (Å²) in [5.41, 5.74) is -0.929. The molecule has 1 fully saturated rings. The Morgan fingerprint density at radius 1 is 0.900 bits per heavy atom. The molecule has 13 heteroatoms. The fourth-order valence-corrected chi connectivity index (χ4v) is 5.06. The van der Waals surface area contributed by atoms with E-state index in [1.807, 2.05) is 0 Å². The molecule has 0 amide bonds. The van der Waals surface area contributed by atoms with Gasteiger partial charge in [0.25, 0.3) is 0 Å². The van der Waals surface area contributed by atoms with Crippen LogP contribution in [0.3, 0.4) is 0 Å². The van der Waals surface area contributed by atoms with Gasteiger partial charge >= 0.3 is 23.9 Å². The van der Waals surface area contributed by atoms with Gasteiger partial charge < -0.3 is 33.9 Å². The lowest BCUT2D eigenvalue weighted by Crippen LogP contribution is -2.61. The first kappa shape index (κ1) is 26.5. The van der Waals surface area contributed by atoms with E-state index in [9.17, 15) is 24.3 Å². The summed E-state index contributed by atoms with van der Waals surface area (Å²) in [5, 5.41) is 18.5. The summed E-state index contributed by atoms with van der Waals surface area (Å²) in [5.74, 6) is -2.58. The Morgan fingerprint density at radius 3 is 1.93 bits per heavy atom. The summed E-state index contributed by atoms with van der Waals surface area (Å²) in [6.07, 6.45) is -5.60. The first-order chi connectivity index (χ1) is 14.0. The number of ether oxygens (including phenoxy) is 5. The SMILES string of the molecule is CC(=O)OC[C@H]1O[C@@H](SSCC(O)CO)[C@H](OC(C)=O)[C@@H](OC(C)=O)[C@@H]1OC(C)=O. The number of esters is 4. The molecule has 30 heavy (non-hydrogen) atoms. The molecule has 0 bridgehead atoms. The molecule has 2 N–H and O–H groups in total. The monoisotopic (exact) mass is 470 g/mol. The third kappa shape index (κ3) is 9.08. The van der Waals surface area contributed by atoms with Gasteiger partial charge in [-0.15, -0.1) is 0 Å². The van der Waals surface area contributed by atoms with Crippen LogP contribution >= 0.6 is 21.6 Å². The molecule has 0 aromatic heterocycles. The minimum atomic E-state index is -1.23. The van der Waals surface area contributed by atoms with Crippen LogP contribution in [0.5, 0.6) is 0 Å². The van der Waals surface area contributed by atoms with Crippen LogP contribution in [-0.2, 0) is 42.9 Å². The Hall–Kier alpha value is -1.54. The first-order valence-electron chi connectivity index (χ1n) is 8.92. The normalized spacial score (nSPS) is 26.9. The molecule has 0 radical (unpaired) electrons. The van der Waals surface area contributed by atoms with E-state index in [-0.39, 0.29) is 12.4 Å². The van der Waals surface area contributed by atoms with Crippen LogP contribution in [0, 0.1) is 0 Å². The van der Waals surface area contributed by atoms with Gasteiger partial charge in [-0.1, -0.05) is 21.6 Å². The van der Waals surface area contributed by atoms with Crippen molar-refractivity contribution < 1.29 is 53.1 Å². The second kappa shape index (κ2) is 13.0. The third-order valence-corrected chi connectivity index (χ3v) is 6.19. The topological polar surface area (TPSA) is 155 Å². The maximum absolute atomic E-state index is 11.7. The molecular formula is C17H26O11S2. The number of aliphatic hydroxyl groups is 2. The molecule has 0 aromatic rings. The van der Waals surface area contributed by atoms with Crippen LogP contribution in [0.4, 0.5) is 0 Å². The van der Waals surface area contributed by atoms with Crippen molar-refractivity contribution in [1.82, 2.24) is 0 Å². The number of aliphatic hydroxyl groups excluding tert-OH is 2. The predicted octanol–water partition coefficient (Wildman–Crippen LogP) is -0.196. The van der Waals surface area contributed by atoms with Crippen molar-refractivity contribution >= 4 is 45.5 Å². The van der Waals surface area contributed by atoms with Crippen molar-refractivity contribution in [3.63, 3.8) is 0 Å². The van der Waals surface area contributed by atoms with Crippen LogP contribution in [0.2, 0.25) is 0 Å². The summed E-state index contributed by atoms with van der Waals surface area (Å²) in [6.45, 7) is 3.88. The molecule has 1 rings (SSSR count). The molecule has 0 aromatic carbocycles. The summed E-state index contributed by atoms with van der Waals surface area (Å²) >= 11 is 0. The van der Waals surface area contributed by atoms with Crippen molar-refractivity contribution in [2.75, 3.05) is 19.0 Å². The summed E-state index contributed by atoms with van der Waals surface area (Å²) in [7, 11) is 2.17. The number of hydrogen-bond donors (Lipinski definition) is 2. The Labute approximate surface area is 181 Å². The Kier molecular flexibility index (Phi) is 11.5. The number of carbonyl (C=O) groups is 4. The smallest absolute Gasteiger partial charge is 0.303 e. The largest absolute Gasteiger partial charge is 0.463 e. The molecular weight excluding hydrogens is 444 g/mol. The zero-order valence-electron chi connectivity index (χ0n) is 17.0.